The number of hydrogen-bond acceptors (Lipinski definition) is 10. The van der Waals surface area contributed by atoms with E-state index in [1.54, 1.807) is 86.3 Å². The lowest BCUT2D eigenvalue weighted by Gasteiger charge is -2.27. The van der Waals surface area contributed by atoms with Gasteiger partial charge >= 0.3 is 5.97 Å². The summed E-state index contributed by atoms with van der Waals surface area (Å²) in [7, 11) is 1.43. The fourth-order valence-electron chi connectivity index (χ4n) is 7.02. The van der Waals surface area contributed by atoms with E-state index < -0.39 is 29.7 Å². The number of Topliss-reactive ketones (excluding diaryl/α,β-unsaturated/α-hetero) is 1. The number of aromatic nitrogens is 2. The van der Waals surface area contributed by atoms with E-state index >= 15 is 4.39 Å². The summed E-state index contributed by atoms with van der Waals surface area (Å²) in [5, 5.41) is 9.92. The van der Waals surface area contributed by atoms with Gasteiger partial charge in [-0.25, -0.2) is 9.18 Å². The molecular weight excluding hydrogens is 736 g/mol. The second kappa shape index (κ2) is 17.3. The number of nitrogens with two attached hydrogens (primary N) is 2. The Morgan fingerprint density at radius 2 is 1.40 bits per heavy atom. The predicted molar refractivity (Wildman–Crippen MR) is 223 cm³/mol. The average molecular weight is 777 g/mol. The van der Waals surface area contributed by atoms with Gasteiger partial charge in [0.05, 0.1) is 24.3 Å². The lowest BCUT2D eigenvalue weighted by Crippen LogP contribution is -2.29. The normalized spacial score (nSPS) is 12.7. The smallest absolute Gasteiger partial charge is 0.338 e. The van der Waals surface area contributed by atoms with E-state index in [1.807, 2.05) is 42.5 Å². The SMILES string of the molecule is COc1c(C(Nc2ccc3cnccc3c2)C(=O)C(C)c2ccc(COC(=O)c3ccccc3)cc2F)ccc(C(CN)C(=O)Nc2ccc3cnccc3c2)c1N. The first kappa shape index (κ1) is 39.1. The molecule has 58 heavy (non-hydrogen) atoms. The van der Waals surface area contributed by atoms with Gasteiger partial charge in [0, 0.05) is 65.0 Å². The Morgan fingerprint density at radius 3 is 2.05 bits per heavy atom. The van der Waals surface area contributed by atoms with Crippen LogP contribution in [0.2, 0.25) is 0 Å². The zero-order valence-corrected chi connectivity index (χ0v) is 31.8. The summed E-state index contributed by atoms with van der Waals surface area (Å²) in [6.07, 6.45) is 6.83. The highest BCUT2D eigenvalue weighted by Gasteiger charge is 2.33. The van der Waals surface area contributed by atoms with E-state index in [-0.39, 0.29) is 41.8 Å². The van der Waals surface area contributed by atoms with Crippen molar-refractivity contribution in [2.75, 3.05) is 30.0 Å². The number of hydrogen-bond donors (Lipinski definition) is 4. The van der Waals surface area contributed by atoms with E-state index in [0.717, 1.165) is 21.5 Å². The standard InChI is InChI=1S/C46H41FN6O5/c1-27(36-13-8-28(20-40(36)47)26-58-46(56)29-6-4-3-5-7-29)43(54)42(52-34-11-9-32-24-50-18-16-30(32)21-34)38-15-14-37(41(49)44(38)57-2)39(23-48)45(55)53-35-12-10-33-25-51-19-17-31(33)22-35/h3-22,24-25,27,39,42,52H,23,26,48-49H2,1-2H3,(H,53,55). The molecule has 0 aliphatic carbocycles. The van der Waals surface area contributed by atoms with Gasteiger partial charge < -0.3 is 31.6 Å². The van der Waals surface area contributed by atoms with Crippen LogP contribution in [0.15, 0.2) is 134 Å². The third kappa shape index (κ3) is 8.32. The molecule has 0 saturated heterocycles. The molecule has 0 aliphatic rings. The number of pyridine rings is 2. The number of carbonyl (C=O) groups excluding carboxylic acids is 3. The van der Waals surface area contributed by atoms with Crippen LogP contribution in [-0.2, 0) is 20.9 Å². The number of carbonyl (C=O) groups is 3. The minimum Gasteiger partial charge on any atom is -0.494 e. The molecule has 0 aliphatic heterocycles. The number of rotatable bonds is 14. The Kier molecular flexibility index (Phi) is 11.7. The fourth-order valence-corrected chi connectivity index (χ4v) is 7.02. The van der Waals surface area contributed by atoms with Gasteiger partial charge in [-0.2, -0.15) is 0 Å². The van der Waals surface area contributed by atoms with Gasteiger partial charge in [-0.3, -0.25) is 19.6 Å². The van der Waals surface area contributed by atoms with Crippen LogP contribution in [0.4, 0.5) is 21.5 Å². The fraction of sp³-hybridized carbons (Fsp3) is 0.152. The minimum absolute atomic E-state index is 0.0691. The maximum Gasteiger partial charge on any atom is 0.338 e. The number of halogens is 1. The summed E-state index contributed by atoms with van der Waals surface area (Å²) in [6, 6.07) is 30.0. The quantitative estimate of drug-likeness (QED) is 0.0625. The van der Waals surface area contributed by atoms with Crippen molar-refractivity contribution in [2.45, 2.75) is 31.4 Å². The number of benzene rings is 5. The second-order valence-corrected chi connectivity index (χ2v) is 13.8. The number of methoxy groups -OCH3 is 1. The lowest BCUT2D eigenvalue weighted by molar-refractivity contribution is -0.121. The average Bonchev–Trinajstić information content (AvgIpc) is 3.25. The number of ketones is 1. The molecule has 2 aromatic heterocycles. The molecule has 6 N–H and O–H groups in total. The molecule has 12 heteroatoms. The van der Waals surface area contributed by atoms with E-state index in [4.69, 9.17) is 20.9 Å². The van der Waals surface area contributed by atoms with Crippen LogP contribution in [0, 0.1) is 5.82 Å². The van der Waals surface area contributed by atoms with Crippen LogP contribution in [0.3, 0.4) is 0 Å². The molecule has 0 spiro atoms. The van der Waals surface area contributed by atoms with Gasteiger partial charge in [-0.1, -0.05) is 61.5 Å². The third-order valence-electron chi connectivity index (χ3n) is 10.2. The van der Waals surface area contributed by atoms with Crippen molar-refractivity contribution in [3.05, 3.63) is 168 Å². The number of anilines is 3. The van der Waals surface area contributed by atoms with Crippen molar-refractivity contribution in [3.63, 3.8) is 0 Å². The Balaban J connectivity index is 1.19. The zero-order valence-electron chi connectivity index (χ0n) is 31.8. The van der Waals surface area contributed by atoms with Gasteiger partial charge in [-0.05, 0) is 82.1 Å². The number of ether oxygens (including phenoxy) is 2. The molecule has 0 saturated carbocycles. The second-order valence-electron chi connectivity index (χ2n) is 13.8. The van der Waals surface area contributed by atoms with Crippen molar-refractivity contribution in [2.24, 2.45) is 5.73 Å². The zero-order chi connectivity index (χ0) is 40.8. The molecule has 3 unspecified atom stereocenters. The largest absolute Gasteiger partial charge is 0.494 e. The third-order valence-corrected chi connectivity index (χ3v) is 10.2. The number of nitrogens with one attached hydrogen (secondary N) is 2. The van der Waals surface area contributed by atoms with Crippen molar-refractivity contribution >= 4 is 56.3 Å². The number of amides is 1. The molecular formula is C46H41FN6O5. The van der Waals surface area contributed by atoms with Gasteiger partial charge in [0.25, 0.3) is 0 Å². The maximum atomic E-state index is 15.9. The van der Waals surface area contributed by atoms with E-state index in [9.17, 15) is 14.4 Å². The lowest BCUT2D eigenvalue weighted by atomic mass is 9.86. The first-order valence-electron chi connectivity index (χ1n) is 18.6. The summed E-state index contributed by atoms with van der Waals surface area (Å²) in [4.78, 5) is 49.2. The summed E-state index contributed by atoms with van der Waals surface area (Å²) in [5.41, 5.74) is 16.0. The summed E-state index contributed by atoms with van der Waals surface area (Å²) < 4.78 is 27.1. The molecule has 2 heterocycles. The summed E-state index contributed by atoms with van der Waals surface area (Å²) in [5.74, 6) is -3.60. The monoisotopic (exact) mass is 776 g/mol. The molecule has 0 bridgehead atoms. The van der Waals surface area contributed by atoms with Crippen molar-refractivity contribution < 1.29 is 28.2 Å². The van der Waals surface area contributed by atoms with Crippen molar-refractivity contribution in [1.29, 1.82) is 0 Å². The first-order chi connectivity index (χ1) is 28.1. The summed E-state index contributed by atoms with van der Waals surface area (Å²) in [6.45, 7) is 1.40. The molecule has 5 aromatic carbocycles. The Morgan fingerprint density at radius 1 is 0.759 bits per heavy atom. The Hall–Kier alpha value is -7.18. The molecule has 7 aromatic rings. The van der Waals surface area contributed by atoms with Crippen LogP contribution >= 0.6 is 0 Å². The molecule has 11 nitrogen and oxygen atoms in total. The molecule has 7 rings (SSSR count). The van der Waals surface area contributed by atoms with Gasteiger partial charge in [0.1, 0.15) is 24.2 Å². The molecule has 0 radical (unpaired) electrons. The highest BCUT2D eigenvalue weighted by atomic mass is 19.1. The number of nitrogen functional groups attached to an aromatic ring is 1. The molecule has 1 amide bonds. The van der Waals surface area contributed by atoms with Crippen LogP contribution in [-0.4, -0.2) is 41.3 Å². The van der Waals surface area contributed by atoms with Crippen LogP contribution in [0.1, 0.15) is 57.4 Å². The van der Waals surface area contributed by atoms with Crippen LogP contribution in [0.25, 0.3) is 21.5 Å². The number of fused-ring (bicyclic) bond motifs is 2. The highest BCUT2D eigenvalue weighted by Crippen LogP contribution is 2.41. The summed E-state index contributed by atoms with van der Waals surface area (Å²) >= 11 is 0. The van der Waals surface area contributed by atoms with Crippen molar-refractivity contribution in [1.82, 2.24) is 9.97 Å². The minimum atomic E-state index is -1.09. The van der Waals surface area contributed by atoms with Gasteiger partial charge in [0.15, 0.2) is 5.78 Å². The predicted octanol–water partition coefficient (Wildman–Crippen LogP) is 8.08. The van der Waals surface area contributed by atoms with E-state index in [0.29, 0.717) is 33.6 Å². The molecule has 3 atom stereocenters. The maximum absolute atomic E-state index is 15.9. The Bertz CT molecular complexity index is 2640. The van der Waals surface area contributed by atoms with Crippen LogP contribution in [0.5, 0.6) is 5.75 Å². The number of nitrogens with zero attached hydrogens (tertiary/aromatic N) is 2. The number of esters is 1. The molecule has 292 valence electrons. The topological polar surface area (TPSA) is 172 Å². The first-order valence-corrected chi connectivity index (χ1v) is 18.6. The highest BCUT2D eigenvalue weighted by molar-refractivity contribution is 6.00. The van der Waals surface area contributed by atoms with E-state index in [1.165, 1.54) is 19.2 Å². The Labute approximate surface area is 334 Å². The van der Waals surface area contributed by atoms with Crippen LogP contribution < -0.4 is 26.8 Å². The van der Waals surface area contributed by atoms with E-state index in [2.05, 4.69) is 20.6 Å². The van der Waals surface area contributed by atoms with Gasteiger partial charge in [0.2, 0.25) is 5.91 Å². The molecule has 0 fully saturated rings. The van der Waals surface area contributed by atoms with Gasteiger partial charge in [-0.15, -0.1) is 0 Å². The van der Waals surface area contributed by atoms with Crippen molar-refractivity contribution in [3.8, 4) is 5.75 Å².